The van der Waals surface area contributed by atoms with Crippen LogP contribution >= 0.6 is 0 Å². The number of benzene rings is 1. The van der Waals surface area contributed by atoms with Crippen LogP contribution in [0.2, 0.25) is 0 Å². The molecular weight excluding hydrogens is 237 g/mol. The van der Waals surface area contributed by atoms with E-state index in [-0.39, 0.29) is 12.3 Å². The number of furan rings is 1. The highest BCUT2D eigenvalue weighted by atomic mass is 19.1. The van der Waals surface area contributed by atoms with E-state index in [0.29, 0.717) is 17.3 Å². The first-order valence-corrected chi connectivity index (χ1v) is 5.45. The lowest BCUT2D eigenvalue weighted by atomic mass is 10.2. The van der Waals surface area contributed by atoms with E-state index in [1.807, 2.05) is 0 Å². The van der Waals surface area contributed by atoms with Gasteiger partial charge in [0.2, 0.25) is 0 Å². The normalized spacial score (nSPS) is 10.2. The van der Waals surface area contributed by atoms with Crippen LogP contribution in [0.3, 0.4) is 0 Å². The fourth-order valence-electron chi connectivity index (χ4n) is 1.61. The topological polar surface area (TPSA) is 43.6 Å². The van der Waals surface area contributed by atoms with Crippen molar-refractivity contribution >= 4 is 5.69 Å². The van der Waals surface area contributed by atoms with Crippen molar-refractivity contribution in [3.05, 3.63) is 42.1 Å². The molecule has 5 heteroatoms. The van der Waals surface area contributed by atoms with Gasteiger partial charge in [0.25, 0.3) is 0 Å². The minimum Gasteiger partial charge on any atom is -0.493 e. The van der Waals surface area contributed by atoms with E-state index in [1.54, 1.807) is 25.4 Å². The van der Waals surface area contributed by atoms with Crippen LogP contribution in [0.25, 0.3) is 0 Å². The van der Waals surface area contributed by atoms with E-state index in [2.05, 4.69) is 5.32 Å². The van der Waals surface area contributed by atoms with Gasteiger partial charge in [-0.25, -0.2) is 4.39 Å². The highest BCUT2D eigenvalue weighted by molar-refractivity contribution is 5.63. The van der Waals surface area contributed by atoms with E-state index in [0.717, 1.165) is 0 Å². The summed E-state index contributed by atoms with van der Waals surface area (Å²) in [6, 6.07) is 6.39. The van der Waals surface area contributed by atoms with Gasteiger partial charge < -0.3 is 19.2 Å². The van der Waals surface area contributed by atoms with E-state index >= 15 is 0 Å². The summed E-state index contributed by atoms with van der Waals surface area (Å²) in [5, 5.41) is 2.76. The van der Waals surface area contributed by atoms with E-state index in [1.165, 1.54) is 19.2 Å². The standard InChI is InChI=1S/C13H14FNO3/c1-15-12-10(14)5-6-11(16-2)13(12)18-8-9-4-3-7-17-9/h3-7,15H,8H2,1-2H3. The number of methoxy groups -OCH3 is 1. The lowest BCUT2D eigenvalue weighted by Crippen LogP contribution is -2.02. The van der Waals surface area contributed by atoms with Gasteiger partial charge in [0.15, 0.2) is 11.5 Å². The largest absolute Gasteiger partial charge is 0.493 e. The van der Waals surface area contributed by atoms with Crippen LogP contribution in [0.4, 0.5) is 10.1 Å². The minimum absolute atomic E-state index is 0.210. The molecule has 0 radical (unpaired) electrons. The van der Waals surface area contributed by atoms with Crippen molar-refractivity contribution in [1.29, 1.82) is 0 Å². The second kappa shape index (κ2) is 5.44. The maximum Gasteiger partial charge on any atom is 0.187 e. The van der Waals surface area contributed by atoms with Crippen molar-refractivity contribution in [2.45, 2.75) is 6.61 Å². The van der Waals surface area contributed by atoms with Gasteiger partial charge in [0.05, 0.1) is 13.4 Å². The molecule has 0 aliphatic rings. The van der Waals surface area contributed by atoms with Crippen molar-refractivity contribution < 1.29 is 18.3 Å². The summed E-state index contributed by atoms with van der Waals surface area (Å²) in [5.74, 6) is 1.06. The molecule has 0 saturated carbocycles. The number of nitrogens with one attached hydrogen (secondary N) is 1. The zero-order valence-electron chi connectivity index (χ0n) is 10.2. The van der Waals surface area contributed by atoms with Gasteiger partial charge in [-0.1, -0.05) is 0 Å². The minimum atomic E-state index is -0.396. The Morgan fingerprint density at radius 3 is 2.78 bits per heavy atom. The highest BCUT2D eigenvalue weighted by Gasteiger charge is 2.15. The summed E-state index contributed by atoms with van der Waals surface area (Å²) >= 11 is 0. The predicted octanol–water partition coefficient (Wildman–Crippen LogP) is 3.05. The van der Waals surface area contributed by atoms with Gasteiger partial charge in [-0.3, -0.25) is 0 Å². The molecule has 0 atom stereocenters. The van der Waals surface area contributed by atoms with Crippen molar-refractivity contribution in [2.24, 2.45) is 0 Å². The summed E-state index contributed by atoms with van der Waals surface area (Å²) in [5.41, 5.74) is 0.265. The molecule has 0 aliphatic heterocycles. The Balaban J connectivity index is 2.26. The Bertz CT molecular complexity index is 511. The van der Waals surface area contributed by atoms with Crippen LogP contribution in [0.1, 0.15) is 5.76 Å². The maximum absolute atomic E-state index is 13.6. The Hall–Kier alpha value is -2.17. The number of ether oxygens (including phenoxy) is 2. The first-order chi connectivity index (χ1) is 8.76. The third-order valence-corrected chi connectivity index (χ3v) is 2.48. The summed E-state index contributed by atoms with van der Waals surface area (Å²) in [6.07, 6.45) is 1.56. The SMILES string of the molecule is CNc1c(F)ccc(OC)c1OCc1ccco1. The average molecular weight is 251 g/mol. The second-order valence-electron chi connectivity index (χ2n) is 3.57. The van der Waals surface area contributed by atoms with E-state index in [4.69, 9.17) is 13.9 Å². The van der Waals surface area contributed by atoms with Crippen molar-refractivity contribution in [1.82, 2.24) is 0 Å². The quantitative estimate of drug-likeness (QED) is 0.887. The molecule has 0 unspecified atom stereocenters. The van der Waals surface area contributed by atoms with Crippen molar-refractivity contribution in [3.63, 3.8) is 0 Å². The molecule has 0 saturated heterocycles. The summed E-state index contributed by atoms with van der Waals surface area (Å²) in [6.45, 7) is 0.210. The summed E-state index contributed by atoms with van der Waals surface area (Å²) < 4.78 is 29.5. The van der Waals surface area contributed by atoms with Gasteiger partial charge in [0, 0.05) is 7.05 Å². The Morgan fingerprint density at radius 1 is 1.33 bits per heavy atom. The summed E-state index contributed by atoms with van der Waals surface area (Å²) in [4.78, 5) is 0. The van der Waals surface area contributed by atoms with E-state index < -0.39 is 5.82 Å². The van der Waals surface area contributed by atoms with Crippen LogP contribution in [0, 0.1) is 5.82 Å². The van der Waals surface area contributed by atoms with Gasteiger partial charge in [-0.2, -0.15) is 0 Å². The molecule has 1 aromatic heterocycles. The molecule has 0 amide bonds. The van der Waals surface area contributed by atoms with Crippen LogP contribution in [0.15, 0.2) is 34.9 Å². The number of halogens is 1. The molecule has 2 aromatic rings. The molecule has 1 heterocycles. The fraction of sp³-hybridized carbons (Fsp3) is 0.231. The van der Waals surface area contributed by atoms with Gasteiger partial charge in [-0.05, 0) is 24.3 Å². The van der Waals surface area contributed by atoms with Crippen LogP contribution in [-0.4, -0.2) is 14.2 Å². The second-order valence-corrected chi connectivity index (χ2v) is 3.57. The molecule has 0 aliphatic carbocycles. The molecule has 2 rings (SSSR count). The summed E-state index contributed by atoms with van der Waals surface area (Å²) in [7, 11) is 3.13. The molecular formula is C13H14FNO3. The van der Waals surface area contributed by atoms with Gasteiger partial charge in [-0.15, -0.1) is 0 Å². The zero-order chi connectivity index (χ0) is 13.0. The van der Waals surface area contributed by atoms with Crippen molar-refractivity contribution in [3.8, 4) is 11.5 Å². The molecule has 18 heavy (non-hydrogen) atoms. The molecule has 4 nitrogen and oxygen atoms in total. The van der Waals surface area contributed by atoms with Crippen LogP contribution in [-0.2, 0) is 6.61 Å². The highest BCUT2D eigenvalue weighted by Crippen LogP contribution is 2.37. The molecule has 1 N–H and O–H groups in total. The zero-order valence-corrected chi connectivity index (χ0v) is 10.2. The molecule has 0 fully saturated rings. The first kappa shape index (κ1) is 12.3. The van der Waals surface area contributed by atoms with Gasteiger partial charge >= 0.3 is 0 Å². The number of anilines is 1. The number of hydrogen-bond donors (Lipinski definition) is 1. The van der Waals surface area contributed by atoms with E-state index in [9.17, 15) is 4.39 Å². The lowest BCUT2D eigenvalue weighted by molar-refractivity contribution is 0.256. The monoisotopic (exact) mass is 251 g/mol. The van der Waals surface area contributed by atoms with Crippen LogP contribution < -0.4 is 14.8 Å². The average Bonchev–Trinajstić information content (AvgIpc) is 2.89. The molecule has 96 valence electrons. The Kier molecular flexibility index (Phi) is 3.72. The number of rotatable bonds is 5. The maximum atomic E-state index is 13.6. The molecule has 0 spiro atoms. The molecule has 0 bridgehead atoms. The van der Waals surface area contributed by atoms with Gasteiger partial charge in [0.1, 0.15) is 23.9 Å². The predicted molar refractivity (Wildman–Crippen MR) is 65.5 cm³/mol. The Labute approximate surface area is 104 Å². The third kappa shape index (κ3) is 2.40. The third-order valence-electron chi connectivity index (χ3n) is 2.48. The fourth-order valence-corrected chi connectivity index (χ4v) is 1.61. The lowest BCUT2D eigenvalue weighted by Gasteiger charge is -2.14. The Morgan fingerprint density at radius 2 is 2.17 bits per heavy atom. The molecule has 1 aromatic carbocycles. The first-order valence-electron chi connectivity index (χ1n) is 5.45. The van der Waals surface area contributed by atoms with Crippen molar-refractivity contribution in [2.75, 3.05) is 19.5 Å². The van der Waals surface area contributed by atoms with Crippen LogP contribution in [0.5, 0.6) is 11.5 Å². The number of hydrogen-bond acceptors (Lipinski definition) is 4. The smallest absolute Gasteiger partial charge is 0.187 e.